The van der Waals surface area contributed by atoms with Crippen molar-refractivity contribution in [1.29, 1.82) is 0 Å². The molecule has 10 nitrogen and oxygen atoms in total. The van der Waals surface area contributed by atoms with Crippen molar-refractivity contribution >= 4 is 63.3 Å². The highest BCUT2D eigenvalue weighted by atomic mass is 32.2. The molecule has 2 heterocycles. The van der Waals surface area contributed by atoms with Gasteiger partial charge >= 0.3 is 0 Å². The molecule has 0 aliphatic carbocycles. The molecule has 0 saturated heterocycles. The van der Waals surface area contributed by atoms with Gasteiger partial charge in [0.2, 0.25) is 9.60 Å². The van der Waals surface area contributed by atoms with Gasteiger partial charge in [0.25, 0.3) is 20.2 Å². The molecule has 2 aromatic carbocycles. The standard InChI is InChI=1S/C18H18N4O6S4/c1-3-9-5-11(31(23,24)25)7-13-15(9)19-17(29-13)21-22-18-20-16-10(4-2)6-12(32(26,27)28)8-14(16)30-18/h5-8H,3-4H2,1-2H3,(H,19,21)(H,20,22)(H,23,24,25)(H,26,27,28). The highest BCUT2D eigenvalue weighted by Gasteiger charge is 2.16. The number of hydrogen-bond donors (Lipinski definition) is 4. The van der Waals surface area contributed by atoms with Gasteiger partial charge in [0.05, 0.1) is 30.2 Å². The van der Waals surface area contributed by atoms with Crippen LogP contribution in [0.4, 0.5) is 0 Å². The number of aromatic amines is 2. The first-order valence-electron chi connectivity index (χ1n) is 9.33. The molecule has 0 fully saturated rings. The smallest absolute Gasteiger partial charge is 0.294 e. The van der Waals surface area contributed by atoms with Crippen molar-refractivity contribution in [3.05, 3.63) is 45.0 Å². The Morgan fingerprint density at radius 3 is 1.44 bits per heavy atom. The van der Waals surface area contributed by atoms with E-state index in [9.17, 15) is 25.9 Å². The summed E-state index contributed by atoms with van der Waals surface area (Å²) in [5.41, 5.74) is 2.86. The molecule has 0 spiro atoms. The van der Waals surface area contributed by atoms with Crippen molar-refractivity contribution in [2.24, 2.45) is 10.2 Å². The van der Waals surface area contributed by atoms with Gasteiger partial charge in [0.15, 0.2) is 0 Å². The first-order chi connectivity index (χ1) is 15.0. The zero-order valence-corrected chi connectivity index (χ0v) is 20.0. The quantitative estimate of drug-likeness (QED) is 0.236. The molecule has 4 N–H and O–H groups in total. The predicted octanol–water partition coefficient (Wildman–Crippen LogP) is 2.81. The molecule has 0 unspecified atom stereocenters. The van der Waals surface area contributed by atoms with Crippen molar-refractivity contribution in [1.82, 2.24) is 9.97 Å². The predicted molar refractivity (Wildman–Crippen MR) is 122 cm³/mol. The number of thiazole rings is 2. The number of nitrogens with one attached hydrogen (secondary N) is 2. The van der Waals surface area contributed by atoms with Gasteiger partial charge in [-0.25, -0.2) is 0 Å². The van der Waals surface area contributed by atoms with Crippen molar-refractivity contribution in [3.8, 4) is 0 Å². The van der Waals surface area contributed by atoms with Crippen LogP contribution in [0.5, 0.6) is 0 Å². The van der Waals surface area contributed by atoms with E-state index in [1.54, 1.807) is 0 Å². The first-order valence-corrected chi connectivity index (χ1v) is 13.8. The van der Waals surface area contributed by atoms with Crippen LogP contribution in [0.3, 0.4) is 0 Å². The molecule has 4 rings (SSSR count). The number of aromatic nitrogens is 2. The van der Waals surface area contributed by atoms with Gasteiger partial charge < -0.3 is 9.97 Å². The molecule has 32 heavy (non-hydrogen) atoms. The zero-order valence-electron chi connectivity index (χ0n) is 16.8. The largest absolute Gasteiger partial charge is 0.329 e. The molecule has 4 aromatic rings. The Kier molecular flexibility index (Phi) is 5.85. The monoisotopic (exact) mass is 514 g/mol. The Balaban J connectivity index is 1.86. The number of aryl methyl sites for hydroxylation is 2. The van der Waals surface area contributed by atoms with Gasteiger partial charge in [-0.1, -0.05) is 36.5 Å². The van der Waals surface area contributed by atoms with Crippen LogP contribution in [-0.2, 0) is 33.1 Å². The fourth-order valence-corrected chi connectivity index (χ4v) is 6.34. The Hall–Kier alpha value is -2.36. The summed E-state index contributed by atoms with van der Waals surface area (Å²) in [6, 6.07) is 5.58. The Bertz CT molecular complexity index is 1580. The molecular weight excluding hydrogens is 496 g/mol. The SMILES string of the molecule is CCc1cc(S(=O)(=O)O)cc2sc(=NN=c3[nH]c4c(CC)cc(S(=O)(=O)O)cc4s3)[nH]c12. The van der Waals surface area contributed by atoms with E-state index >= 15 is 0 Å². The van der Waals surface area contributed by atoms with E-state index in [-0.39, 0.29) is 9.79 Å². The summed E-state index contributed by atoms with van der Waals surface area (Å²) in [6.07, 6.45) is 1.09. The molecule has 14 heteroatoms. The lowest BCUT2D eigenvalue weighted by atomic mass is 10.1. The zero-order chi connectivity index (χ0) is 23.3. The minimum absolute atomic E-state index is 0.180. The highest BCUT2D eigenvalue weighted by molar-refractivity contribution is 7.86. The van der Waals surface area contributed by atoms with E-state index in [1.807, 2.05) is 13.8 Å². The van der Waals surface area contributed by atoms with Gasteiger partial charge in [-0.05, 0) is 48.2 Å². The molecule has 170 valence electrons. The molecule has 0 aliphatic heterocycles. The van der Waals surface area contributed by atoms with Crippen LogP contribution >= 0.6 is 22.7 Å². The first kappa shape index (κ1) is 22.8. The van der Waals surface area contributed by atoms with Gasteiger partial charge in [0.1, 0.15) is 0 Å². The van der Waals surface area contributed by atoms with E-state index in [4.69, 9.17) is 0 Å². The molecule has 0 saturated carbocycles. The van der Waals surface area contributed by atoms with E-state index in [2.05, 4.69) is 20.2 Å². The number of benzene rings is 2. The lowest BCUT2D eigenvalue weighted by Crippen LogP contribution is -2.02. The lowest BCUT2D eigenvalue weighted by molar-refractivity contribution is 0.481. The van der Waals surface area contributed by atoms with Crippen molar-refractivity contribution < 1.29 is 25.9 Å². The highest BCUT2D eigenvalue weighted by Crippen LogP contribution is 2.25. The van der Waals surface area contributed by atoms with Crippen LogP contribution in [0.25, 0.3) is 20.4 Å². The second kappa shape index (κ2) is 8.20. The number of H-pyrrole nitrogens is 2. The van der Waals surface area contributed by atoms with Crippen LogP contribution in [0.2, 0.25) is 0 Å². The molecule has 0 radical (unpaired) electrons. The van der Waals surface area contributed by atoms with Crippen LogP contribution in [0.1, 0.15) is 25.0 Å². The molecule has 2 aromatic heterocycles. The molecule has 0 amide bonds. The summed E-state index contributed by atoms with van der Waals surface area (Å²) < 4.78 is 66.1. The van der Waals surface area contributed by atoms with Gasteiger partial charge in [-0.2, -0.15) is 16.8 Å². The van der Waals surface area contributed by atoms with E-state index in [0.717, 1.165) is 0 Å². The van der Waals surface area contributed by atoms with Gasteiger partial charge in [-0.15, -0.1) is 10.2 Å². The lowest BCUT2D eigenvalue weighted by Gasteiger charge is -2.02. The van der Waals surface area contributed by atoms with E-state index in [1.165, 1.54) is 46.9 Å². The maximum Gasteiger partial charge on any atom is 0.294 e. The maximum atomic E-state index is 11.5. The second-order valence-electron chi connectivity index (χ2n) is 6.83. The summed E-state index contributed by atoms with van der Waals surface area (Å²) in [6.45, 7) is 3.74. The normalized spacial score (nSPS) is 14.1. The average molecular weight is 515 g/mol. The summed E-state index contributed by atoms with van der Waals surface area (Å²) >= 11 is 2.37. The Labute approximate surface area is 190 Å². The number of hydrogen-bond acceptors (Lipinski definition) is 8. The van der Waals surface area contributed by atoms with Gasteiger partial charge in [0, 0.05) is 0 Å². The van der Waals surface area contributed by atoms with Gasteiger partial charge in [-0.3, -0.25) is 9.11 Å². The molecular formula is C18H18N4O6S4. The topological polar surface area (TPSA) is 165 Å². The van der Waals surface area contributed by atoms with Crippen molar-refractivity contribution in [2.45, 2.75) is 36.5 Å². The summed E-state index contributed by atoms with van der Waals surface area (Å²) in [5, 5.41) is 8.38. The summed E-state index contributed by atoms with van der Waals surface area (Å²) in [7, 11) is -8.67. The third-order valence-electron chi connectivity index (χ3n) is 4.78. The third kappa shape index (κ3) is 4.42. The van der Waals surface area contributed by atoms with Crippen LogP contribution < -0.4 is 9.60 Å². The van der Waals surface area contributed by atoms with E-state index in [0.29, 0.717) is 54.0 Å². The summed E-state index contributed by atoms with van der Waals surface area (Å²) in [5.74, 6) is 0. The van der Waals surface area contributed by atoms with E-state index < -0.39 is 20.2 Å². The number of nitrogens with zero attached hydrogens (tertiary/aromatic N) is 2. The third-order valence-corrected chi connectivity index (χ3v) is 8.28. The summed E-state index contributed by atoms with van der Waals surface area (Å²) in [4.78, 5) is 6.70. The fourth-order valence-electron chi connectivity index (χ4n) is 3.25. The van der Waals surface area contributed by atoms with Crippen LogP contribution in [0, 0.1) is 0 Å². The minimum atomic E-state index is -4.33. The average Bonchev–Trinajstić information content (AvgIpc) is 3.32. The van der Waals surface area contributed by atoms with Crippen LogP contribution in [0.15, 0.2) is 44.3 Å². The second-order valence-corrected chi connectivity index (χ2v) is 11.7. The fraction of sp³-hybridized carbons (Fsp3) is 0.222. The molecule has 0 atom stereocenters. The molecule has 0 bridgehead atoms. The van der Waals surface area contributed by atoms with Crippen LogP contribution in [-0.4, -0.2) is 35.9 Å². The van der Waals surface area contributed by atoms with Crippen molar-refractivity contribution in [3.63, 3.8) is 0 Å². The minimum Gasteiger partial charge on any atom is -0.329 e. The number of rotatable bonds is 5. The number of fused-ring (bicyclic) bond motifs is 2. The Morgan fingerprint density at radius 1 is 0.750 bits per heavy atom. The maximum absolute atomic E-state index is 11.5. The molecule has 0 aliphatic rings. The van der Waals surface area contributed by atoms with Crippen molar-refractivity contribution in [2.75, 3.05) is 0 Å². The Morgan fingerprint density at radius 2 is 1.12 bits per heavy atom.